The maximum atomic E-state index is 6.04. The highest BCUT2D eigenvalue weighted by atomic mass is 15.2. The molecule has 1 rings (SSSR count). The molecule has 0 heterocycles. The van der Waals surface area contributed by atoms with Gasteiger partial charge in [-0.3, -0.25) is 0 Å². The Kier molecular flexibility index (Phi) is 5.26. The van der Waals surface area contributed by atoms with Gasteiger partial charge in [-0.15, -0.1) is 0 Å². The number of hydrogen-bond acceptors (Lipinski definition) is 2. The zero-order valence-electron chi connectivity index (χ0n) is 12.1. The second-order valence-corrected chi connectivity index (χ2v) is 4.95. The number of nitrogens with zero attached hydrogens (tertiary/aromatic N) is 1. The topological polar surface area (TPSA) is 29.3 Å². The highest BCUT2D eigenvalue weighted by Gasteiger charge is 2.20. The molecule has 18 heavy (non-hydrogen) atoms. The van der Waals surface area contributed by atoms with E-state index in [1.165, 1.54) is 6.42 Å². The van der Waals surface area contributed by atoms with Crippen LogP contribution in [0, 0.1) is 5.92 Å². The molecule has 0 saturated carbocycles. The Morgan fingerprint density at radius 2 is 1.89 bits per heavy atom. The first kappa shape index (κ1) is 14.6. The third kappa shape index (κ3) is 3.06. The number of benzene rings is 1. The van der Waals surface area contributed by atoms with Gasteiger partial charge in [-0.25, -0.2) is 0 Å². The molecule has 0 radical (unpaired) electrons. The molecule has 2 atom stereocenters. The minimum absolute atomic E-state index is 0.479. The van der Waals surface area contributed by atoms with Gasteiger partial charge in [0, 0.05) is 29.5 Å². The maximum Gasteiger partial charge on any atom is 0.0408 e. The average molecular weight is 246 g/mol. The zero-order chi connectivity index (χ0) is 13.7. The molecule has 1 aromatic carbocycles. The van der Waals surface area contributed by atoms with Gasteiger partial charge in [0.2, 0.25) is 0 Å². The van der Waals surface area contributed by atoms with Crippen LogP contribution in [-0.4, -0.2) is 17.5 Å². The summed E-state index contributed by atoms with van der Waals surface area (Å²) in [5, 5.41) is 0. The Bertz CT molecular complexity index is 398. The van der Waals surface area contributed by atoms with Gasteiger partial charge >= 0.3 is 0 Å². The van der Waals surface area contributed by atoms with Gasteiger partial charge in [0.1, 0.15) is 0 Å². The molecular weight excluding hydrogens is 220 g/mol. The molecule has 0 aromatic heterocycles. The summed E-state index contributed by atoms with van der Waals surface area (Å²) in [7, 11) is 0. The number of nitrogens with two attached hydrogens (primary N) is 1. The molecule has 0 aliphatic carbocycles. The van der Waals surface area contributed by atoms with E-state index in [1.54, 1.807) is 0 Å². The Labute approximate surface area is 111 Å². The van der Waals surface area contributed by atoms with Crippen LogP contribution in [0.15, 0.2) is 30.8 Å². The van der Waals surface area contributed by atoms with Crippen LogP contribution < -0.4 is 5.73 Å². The molecule has 2 N–H and O–H groups in total. The first-order valence-electron chi connectivity index (χ1n) is 6.83. The predicted octanol–water partition coefficient (Wildman–Crippen LogP) is 4.00. The van der Waals surface area contributed by atoms with E-state index in [2.05, 4.69) is 39.2 Å². The zero-order valence-corrected chi connectivity index (χ0v) is 12.1. The fourth-order valence-electron chi connectivity index (χ4n) is 2.29. The molecule has 0 fully saturated rings. The highest BCUT2D eigenvalue weighted by molar-refractivity contribution is 5.72. The summed E-state index contributed by atoms with van der Waals surface area (Å²) in [6.07, 6.45) is 1.18. The molecule has 2 nitrogen and oxygen atoms in total. The van der Waals surface area contributed by atoms with E-state index < -0.39 is 0 Å². The third-order valence-electron chi connectivity index (χ3n) is 3.92. The normalized spacial score (nSPS) is 14.0. The van der Waals surface area contributed by atoms with Crippen molar-refractivity contribution in [2.75, 3.05) is 12.3 Å². The lowest BCUT2D eigenvalue weighted by Crippen LogP contribution is -2.35. The van der Waals surface area contributed by atoms with E-state index in [-0.39, 0.29) is 0 Å². The highest BCUT2D eigenvalue weighted by Crippen LogP contribution is 2.27. The van der Waals surface area contributed by atoms with Crippen molar-refractivity contribution < 1.29 is 0 Å². The molecule has 2 unspecified atom stereocenters. The van der Waals surface area contributed by atoms with Gasteiger partial charge in [-0.2, -0.15) is 0 Å². The standard InChI is InChI=1S/C16H26N2/c1-6-12(3)13(4)18(7-2)14(5)15-10-8-9-11-16(15)17/h8-13H,5-7,17H2,1-4H3. The van der Waals surface area contributed by atoms with Crippen LogP contribution in [0.5, 0.6) is 0 Å². The van der Waals surface area contributed by atoms with E-state index in [0.717, 1.165) is 23.5 Å². The van der Waals surface area contributed by atoms with Gasteiger partial charge in [0.05, 0.1) is 0 Å². The Morgan fingerprint density at radius 1 is 1.28 bits per heavy atom. The van der Waals surface area contributed by atoms with Crippen molar-refractivity contribution in [1.82, 2.24) is 4.90 Å². The van der Waals surface area contributed by atoms with Gasteiger partial charge in [0.25, 0.3) is 0 Å². The Morgan fingerprint density at radius 3 is 2.39 bits per heavy atom. The molecule has 0 aliphatic heterocycles. The van der Waals surface area contributed by atoms with E-state index >= 15 is 0 Å². The Balaban J connectivity index is 2.96. The van der Waals surface area contributed by atoms with Gasteiger partial charge < -0.3 is 10.6 Å². The fourth-order valence-corrected chi connectivity index (χ4v) is 2.29. The summed E-state index contributed by atoms with van der Waals surface area (Å²) in [4.78, 5) is 2.35. The molecule has 0 bridgehead atoms. The molecule has 0 amide bonds. The number of para-hydroxylation sites is 1. The molecule has 2 heteroatoms. The first-order valence-corrected chi connectivity index (χ1v) is 6.83. The summed E-state index contributed by atoms with van der Waals surface area (Å²) in [6.45, 7) is 14.2. The van der Waals surface area contributed by atoms with Crippen molar-refractivity contribution in [2.45, 2.75) is 40.2 Å². The number of nitrogen functional groups attached to an aromatic ring is 1. The maximum absolute atomic E-state index is 6.04. The van der Waals surface area contributed by atoms with Crippen LogP contribution in [0.2, 0.25) is 0 Å². The summed E-state index contributed by atoms with van der Waals surface area (Å²) in [5.74, 6) is 0.645. The van der Waals surface area contributed by atoms with Crippen molar-refractivity contribution in [3.8, 4) is 0 Å². The van der Waals surface area contributed by atoms with Crippen LogP contribution in [0.4, 0.5) is 5.69 Å². The fraction of sp³-hybridized carbons (Fsp3) is 0.500. The van der Waals surface area contributed by atoms with Crippen LogP contribution in [0.25, 0.3) is 5.70 Å². The molecule has 0 spiro atoms. The van der Waals surface area contributed by atoms with Crippen molar-refractivity contribution in [3.63, 3.8) is 0 Å². The summed E-state index contributed by atoms with van der Waals surface area (Å²) < 4.78 is 0. The van der Waals surface area contributed by atoms with Crippen molar-refractivity contribution in [2.24, 2.45) is 5.92 Å². The van der Waals surface area contributed by atoms with E-state index in [0.29, 0.717) is 12.0 Å². The molecule has 1 aromatic rings. The first-order chi connectivity index (χ1) is 8.52. The largest absolute Gasteiger partial charge is 0.398 e. The van der Waals surface area contributed by atoms with Crippen LogP contribution in [0.1, 0.15) is 39.7 Å². The van der Waals surface area contributed by atoms with Crippen LogP contribution in [-0.2, 0) is 0 Å². The molecule has 100 valence electrons. The summed E-state index contributed by atoms with van der Waals surface area (Å²) in [6, 6.07) is 8.43. The van der Waals surface area contributed by atoms with Gasteiger partial charge in [-0.1, -0.05) is 45.0 Å². The van der Waals surface area contributed by atoms with Gasteiger partial charge in [0.15, 0.2) is 0 Å². The lowest BCUT2D eigenvalue weighted by atomic mass is 9.97. The minimum Gasteiger partial charge on any atom is -0.398 e. The molecule has 0 saturated heterocycles. The number of anilines is 1. The smallest absolute Gasteiger partial charge is 0.0408 e. The number of rotatable bonds is 6. The van der Waals surface area contributed by atoms with E-state index in [4.69, 9.17) is 5.73 Å². The quantitative estimate of drug-likeness (QED) is 0.769. The monoisotopic (exact) mass is 246 g/mol. The molecular formula is C16H26N2. The second kappa shape index (κ2) is 6.48. The lowest BCUT2D eigenvalue weighted by molar-refractivity contribution is 0.246. The van der Waals surface area contributed by atoms with Crippen LogP contribution >= 0.6 is 0 Å². The number of hydrogen-bond donors (Lipinski definition) is 1. The van der Waals surface area contributed by atoms with Crippen molar-refractivity contribution in [1.29, 1.82) is 0 Å². The Hall–Kier alpha value is -1.44. The summed E-state index contributed by atoms with van der Waals surface area (Å²) in [5.41, 5.74) is 8.92. The van der Waals surface area contributed by atoms with Gasteiger partial charge in [-0.05, 0) is 25.8 Å². The predicted molar refractivity (Wildman–Crippen MR) is 81.2 cm³/mol. The molecule has 0 aliphatic rings. The van der Waals surface area contributed by atoms with Crippen molar-refractivity contribution in [3.05, 3.63) is 36.4 Å². The van der Waals surface area contributed by atoms with Crippen molar-refractivity contribution >= 4 is 11.4 Å². The van der Waals surface area contributed by atoms with E-state index in [1.807, 2.05) is 24.3 Å². The average Bonchev–Trinajstić information content (AvgIpc) is 2.38. The van der Waals surface area contributed by atoms with Crippen LogP contribution in [0.3, 0.4) is 0 Å². The lowest BCUT2D eigenvalue weighted by Gasteiger charge is -2.35. The summed E-state index contributed by atoms with van der Waals surface area (Å²) >= 11 is 0. The second-order valence-electron chi connectivity index (χ2n) is 4.95. The third-order valence-corrected chi connectivity index (χ3v) is 3.92. The minimum atomic E-state index is 0.479. The van der Waals surface area contributed by atoms with E-state index in [9.17, 15) is 0 Å². The SMILES string of the molecule is C=C(c1ccccc1N)N(CC)C(C)C(C)CC.